The van der Waals surface area contributed by atoms with E-state index in [2.05, 4.69) is 11.1 Å². The van der Waals surface area contributed by atoms with Gasteiger partial charge in [0.05, 0.1) is 16.8 Å². The maximum absolute atomic E-state index is 13.5. The molecule has 2 atom stereocenters. The molecular formula is C20H15ClFN3OS. The van der Waals surface area contributed by atoms with E-state index in [-0.39, 0.29) is 23.0 Å². The number of thiocarbonyl (C=S) groups is 1. The lowest BCUT2D eigenvalue weighted by atomic mass is 9.93. The molecule has 27 heavy (non-hydrogen) atoms. The third kappa shape index (κ3) is 2.26. The molecule has 2 aromatic carbocycles. The van der Waals surface area contributed by atoms with E-state index in [1.807, 2.05) is 30.0 Å². The zero-order chi connectivity index (χ0) is 18.9. The van der Waals surface area contributed by atoms with E-state index in [4.69, 9.17) is 23.8 Å². The summed E-state index contributed by atoms with van der Waals surface area (Å²) in [5.74, 6) is -0.629. The van der Waals surface area contributed by atoms with Crippen molar-refractivity contribution in [1.82, 2.24) is 9.88 Å². The highest BCUT2D eigenvalue weighted by Crippen LogP contribution is 2.42. The molecule has 136 valence electrons. The second kappa shape index (κ2) is 5.78. The molecule has 1 amide bonds. The summed E-state index contributed by atoms with van der Waals surface area (Å²) in [5, 5.41) is 1.53. The zero-order valence-electron chi connectivity index (χ0n) is 14.4. The molecule has 1 aromatic heterocycles. The molecule has 2 aliphatic heterocycles. The van der Waals surface area contributed by atoms with E-state index in [9.17, 15) is 9.18 Å². The van der Waals surface area contributed by atoms with Crippen LogP contribution in [0.2, 0.25) is 5.02 Å². The van der Waals surface area contributed by atoms with Crippen LogP contribution in [0.5, 0.6) is 0 Å². The molecule has 3 aromatic rings. The number of hydrogen-bond donors (Lipinski definition) is 1. The number of benzene rings is 2. The van der Waals surface area contributed by atoms with Crippen molar-refractivity contribution in [2.24, 2.45) is 0 Å². The van der Waals surface area contributed by atoms with E-state index in [1.165, 1.54) is 23.1 Å². The number of nitrogens with zero attached hydrogens (tertiary/aromatic N) is 2. The van der Waals surface area contributed by atoms with Crippen LogP contribution in [0.3, 0.4) is 0 Å². The summed E-state index contributed by atoms with van der Waals surface area (Å²) in [4.78, 5) is 20.1. The number of anilines is 1. The van der Waals surface area contributed by atoms with Crippen molar-refractivity contribution < 1.29 is 9.18 Å². The monoisotopic (exact) mass is 399 g/mol. The Balaban J connectivity index is 1.60. The number of halogens is 2. The number of carbonyl (C=O) groups excluding carboxylic acids is 1. The van der Waals surface area contributed by atoms with E-state index in [0.717, 1.165) is 22.2 Å². The summed E-state index contributed by atoms with van der Waals surface area (Å²) >= 11 is 11.6. The minimum absolute atomic E-state index is 0.0303. The first-order valence-corrected chi connectivity index (χ1v) is 9.47. The number of hydrogen-bond acceptors (Lipinski definition) is 2. The van der Waals surface area contributed by atoms with Gasteiger partial charge < -0.3 is 9.88 Å². The maximum Gasteiger partial charge on any atom is 0.256 e. The van der Waals surface area contributed by atoms with Crippen LogP contribution >= 0.6 is 23.8 Å². The van der Waals surface area contributed by atoms with Crippen molar-refractivity contribution >= 4 is 51.4 Å². The third-order valence-corrected chi connectivity index (χ3v) is 6.18. The Morgan fingerprint density at radius 2 is 2.04 bits per heavy atom. The molecule has 0 saturated carbocycles. The van der Waals surface area contributed by atoms with Gasteiger partial charge in [-0.05, 0) is 49.0 Å². The molecule has 1 saturated heterocycles. The number of para-hydroxylation sites is 1. The molecule has 7 heteroatoms. The van der Waals surface area contributed by atoms with Crippen molar-refractivity contribution in [1.29, 1.82) is 0 Å². The Morgan fingerprint density at radius 3 is 2.81 bits per heavy atom. The first kappa shape index (κ1) is 16.7. The van der Waals surface area contributed by atoms with E-state index < -0.39 is 5.82 Å². The summed E-state index contributed by atoms with van der Waals surface area (Å²) in [6.45, 7) is 2.04. The third-order valence-electron chi connectivity index (χ3n) is 5.49. The molecule has 0 aliphatic carbocycles. The highest BCUT2D eigenvalue weighted by Gasteiger charge is 2.49. The Bertz CT molecular complexity index is 1130. The second-order valence-corrected chi connectivity index (χ2v) is 7.69. The van der Waals surface area contributed by atoms with Gasteiger partial charge in [0.15, 0.2) is 5.11 Å². The number of H-pyrrole nitrogens is 1. The van der Waals surface area contributed by atoms with Gasteiger partial charge in [-0.2, -0.15) is 0 Å². The van der Waals surface area contributed by atoms with Crippen molar-refractivity contribution in [3.8, 4) is 0 Å². The van der Waals surface area contributed by atoms with Crippen LogP contribution in [0.1, 0.15) is 24.2 Å². The molecule has 0 bridgehead atoms. The highest BCUT2D eigenvalue weighted by molar-refractivity contribution is 7.80. The molecule has 0 unspecified atom stereocenters. The zero-order valence-corrected chi connectivity index (χ0v) is 15.9. The van der Waals surface area contributed by atoms with Crippen molar-refractivity contribution in [2.45, 2.75) is 25.4 Å². The lowest BCUT2D eigenvalue weighted by molar-refractivity contribution is -0.120. The summed E-state index contributed by atoms with van der Waals surface area (Å²) in [6, 6.07) is 11.9. The Hall–Kier alpha value is -2.44. The Kier molecular flexibility index (Phi) is 3.58. The maximum atomic E-state index is 13.5. The quantitative estimate of drug-likeness (QED) is 0.609. The topological polar surface area (TPSA) is 39.3 Å². The highest BCUT2D eigenvalue weighted by atomic mass is 35.5. The number of aromatic amines is 1. The van der Waals surface area contributed by atoms with Crippen LogP contribution in [-0.2, 0) is 11.2 Å². The number of amides is 1. The average molecular weight is 400 g/mol. The number of fused-ring (bicyclic) bond motifs is 4. The minimum atomic E-state index is -0.523. The standard InChI is InChI=1S/C20H15ClFN3OS/c1-10-18-13(12-4-2-3-5-16(12)23-18)9-17-19(26)25(20(27)24(10)17)11-6-7-15(22)14(21)8-11/h2-8,10,17,23H,9H2,1H3/t10-,17-/m1/s1. The lowest BCUT2D eigenvalue weighted by Gasteiger charge is -2.34. The number of rotatable bonds is 1. The summed E-state index contributed by atoms with van der Waals surface area (Å²) < 4.78 is 13.5. The average Bonchev–Trinajstić information content (AvgIpc) is 3.14. The summed E-state index contributed by atoms with van der Waals surface area (Å²) in [5.41, 5.74) is 3.80. The van der Waals surface area contributed by atoms with Gasteiger partial charge in [0.2, 0.25) is 0 Å². The van der Waals surface area contributed by atoms with Gasteiger partial charge in [-0.25, -0.2) is 4.39 Å². The van der Waals surface area contributed by atoms with Crippen LogP contribution < -0.4 is 4.90 Å². The van der Waals surface area contributed by atoms with Crippen LogP contribution in [0.4, 0.5) is 10.1 Å². The summed E-state index contributed by atoms with van der Waals surface area (Å²) in [6.07, 6.45) is 0.577. The van der Waals surface area contributed by atoms with E-state index >= 15 is 0 Å². The second-order valence-electron chi connectivity index (χ2n) is 6.92. The van der Waals surface area contributed by atoms with E-state index in [0.29, 0.717) is 17.2 Å². The van der Waals surface area contributed by atoms with Crippen molar-refractivity contribution in [3.63, 3.8) is 0 Å². The number of aromatic nitrogens is 1. The molecule has 1 N–H and O–H groups in total. The van der Waals surface area contributed by atoms with Gasteiger partial charge in [0.25, 0.3) is 5.91 Å². The van der Waals surface area contributed by atoms with Crippen LogP contribution in [0.15, 0.2) is 42.5 Å². The molecule has 3 heterocycles. The van der Waals surface area contributed by atoms with Crippen LogP contribution in [0, 0.1) is 5.82 Å². The SMILES string of the molecule is C[C@@H]1c2[nH]c3ccccc3c2C[C@@H]2C(=O)N(c3ccc(F)c(Cl)c3)C(=S)N21. The molecule has 2 aliphatic rings. The largest absolute Gasteiger partial charge is 0.356 e. The van der Waals surface area contributed by atoms with Gasteiger partial charge in [-0.3, -0.25) is 9.69 Å². The Morgan fingerprint density at radius 1 is 1.26 bits per heavy atom. The fraction of sp³-hybridized carbons (Fsp3) is 0.200. The van der Waals surface area contributed by atoms with Gasteiger partial charge >= 0.3 is 0 Å². The molecule has 4 nitrogen and oxygen atoms in total. The van der Waals surface area contributed by atoms with Crippen molar-refractivity contribution in [2.75, 3.05) is 4.90 Å². The smallest absolute Gasteiger partial charge is 0.256 e. The molecule has 1 fully saturated rings. The van der Waals surface area contributed by atoms with Gasteiger partial charge in [-0.1, -0.05) is 29.8 Å². The fourth-order valence-corrected chi connectivity index (χ4v) is 4.88. The fourth-order valence-electron chi connectivity index (χ4n) is 4.22. The predicted octanol–water partition coefficient (Wildman–Crippen LogP) is 4.58. The molecule has 0 radical (unpaired) electrons. The molecule has 5 rings (SSSR count). The Labute approximate surface area is 165 Å². The molecule has 0 spiro atoms. The van der Waals surface area contributed by atoms with Crippen molar-refractivity contribution in [3.05, 3.63) is 64.6 Å². The lowest BCUT2D eigenvalue weighted by Crippen LogP contribution is -2.42. The molecular weight excluding hydrogens is 385 g/mol. The predicted molar refractivity (Wildman–Crippen MR) is 108 cm³/mol. The number of nitrogens with one attached hydrogen (secondary N) is 1. The van der Waals surface area contributed by atoms with Gasteiger partial charge in [-0.15, -0.1) is 0 Å². The van der Waals surface area contributed by atoms with Gasteiger partial charge in [0, 0.05) is 23.0 Å². The van der Waals surface area contributed by atoms with Crippen LogP contribution in [0.25, 0.3) is 10.9 Å². The number of carbonyl (C=O) groups is 1. The first-order chi connectivity index (χ1) is 13.0. The normalized spacial score (nSPS) is 21.7. The van der Waals surface area contributed by atoms with E-state index in [1.54, 1.807) is 0 Å². The van der Waals surface area contributed by atoms with Gasteiger partial charge in [0.1, 0.15) is 11.9 Å². The first-order valence-electron chi connectivity index (χ1n) is 8.68. The summed E-state index contributed by atoms with van der Waals surface area (Å²) in [7, 11) is 0. The van der Waals surface area contributed by atoms with Crippen LogP contribution in [-0.4, -0.2) is 26.9 Å². The minimum Gasteiger partial charge on any atom is -0.356 e.